The van der Waals surface area contributed by atoms with E-state index in [4.69, 9.17) is 18.0 Å². The highest BCUT2D eigenvalue weighted by atomic mass is 32.2. The number of pyridine rings is 1. The number of nitrogens with zero attached hydrogens (tertiary/aromatic N) is 2. The molecule has 0 saturated carbocycles. The average Bonchev–Trinajstić information content (AvgIpc) is 2.37. The molecule has 0 aliphatic carbocycles. The van der Waals surface area contributed by atoms with Crippen molar-refractivity contribution in [3.8, 4) is 0 Å². The Morgan fingerprint density at radius 3 is 2.72 bits per heavy atom. The molecule has 1 aromatic heterocycles. The third-order valence-corrected chi connectivity index (χ3v) is 3.71. The summed E-state index contributed by atoms with van der Waals surface area (Å²) in [6, 6.07) is 3.54. The molecule has 6 heteroatoms. The van der Waals surface area contributed by atoms with Crippen LogP contribution in [0.5, 0.6) is 0 Å². The van der Waals surface area contributed by atoms with Gasteiger partial charge in [0.25, 0.3) is 5.91 Å². The summed E-state index contributed by atoms with van der Waals surface area (Å²) >= 11 is 6.55. The average molecular weight is 283 g/mol. The van der Waals surface area contributed by atoms with Crippen LogP contribution < -0.4 is 5.73 Å². The quantitative estimate of drug-likeness (QED) is 0.831. The molecule has 0 saturated heterocycles. The smallest absolute Gasteiger partial charge is 0.272 e. The first kappa shape index (κ1) is 14.9. The van der Waals surface area contributed by atoms with E-state index in [0.717, 1.165) is 5.75 Å². The van der Waals surface area contributed by atoms with Gasteiger partial charge in [0.1, 0.15) is 10.7 Å². The largest absolute Gasteiger partial charge is 0.389 e. The van der Waals surface area contributed by atoms with Gasteiger partial charge >= 0.3 is 0 Å². The molecule has 1 heterocycles. The van der Waals surface area contributed by atoms with Crippen molar-refractivity contribution in [3.63, 3.8) is 0 Å². The number of rotatable bonds is 5. The van der Waals surface area contributed by atoms with Crippen LogP contribution in [0, 0.1) is 0 Å². The van der Waals surface area contributed by atoms with Crippen molar-refractivity contribution in [2.75, 3.05) is 19.1 Å². The standard InChI is InChI=1S/C12H17N3OS2/c1-8(7-18-3)15(2)12(16)10-5-4-9(6-14-10)11(13)17/h4-6,8H,7H2,1-3H3,(H2,13,17). The number of carbonyl (C=O) groups excluding carboxylic acids is 1. The van der Waals surface area contributed by atoms with E-state index in [-0.39, 0.29) is 16.9 Å². The van der Waals surface area contributed by atoms with E-state index in [0.29, 0.717) is 11.3 Å². The lowest BCUT2D eigenvalue weighted by atomic mass is 10.2. The van der Waals surface area contributed by atoms with Crippen molar-refractivity contribution in [2.24, 2.45) is 5.73 Å². The summed E-state index contributed by atoms with van der Waals surface area (Å²) in [4.78, 5) is 18.2. The Labute approximate surface area is 117 Å². The summed E-state index contributed by atoms with van der Waals surface area (Å²) in [7, 11) is 1.78. The van der Waals surface area contributed by atoms with Gasteiger partial charge in [-0.25, -0.2) is 0 Å². The van der Waals surface area contributed by atoms with Crippen molar-refractivity contribution in [2.45, 2.75) is 13.0 Å². The number of carbonyl (C=O) groups is 1. The molecular formula is C12H17N3OS2. The number of nitrogens with two attached hydrogens (primary N) is 1. The molecule has 4 nitrogen and oxygen atoms in total. The summed E-state index contributed by atoms with van der Waals surface area (Å²) in [6.07, 6.45) is 3.55. The molecule has 0 aliphatic heterocycles. The molecule has 0 spiro atoms. The zero-order chi connectivity index (χ0) is 13.7. The Morgan fingerprint density at radius 1 is 1.61 bits per heavy atom. The van der Waals surface area contributed by atoms with Crippen LogP contribution in [0.25, 0.3) is 0 Å². The number of hydrogen-bond acceptors (Lipinski definition) is 4. The number of thioether (sulfide) groups is 1. The molecule has 2 N–H and O–H groups in total. The van der Waals surface area contributed by atoms with Crippen molar-refractivity contribution in [3.05, 3.63) is 29.6 Å². The fourth-order valence-electron chi connectivity index (χ4n) is 1.40. The third kappa shape index (κ3) is 3.68. The molecule has 0 bridgehead atoms. The zero-order valence-electron chi connectivity index (χ0n) is 10.7. The molecule has 0 aliphatic rings. The van der Waals surface area contributed by atoms with E-state index in [1.165, 1.54) is 6.20 Å². The van der Waals surface area contributed by atoms with Crippen LogP contribution >= 0.6 is 24.0 Å². The fourth-order valence-corrected chi connectivity index (χ4v) is 2.23. The van der Waals surface area contributed by atoms with E-state index in [2.05, 4.69) is 4.98 Å². The SMILES string of the molecule is CSCC(C)N(C)C(=O)c1ccc(C(N)=S)cn1. The topological polar surface area (TPSA) is 59.2 Å². The summed E-state index contributed by atoms with van der Waals surface area (Å²) in [5, 5.41) is 0. The highest BCUT2D eigenvalue weighted by Crippen LogP contribution is 2.09. The first-order valence-electron chi connectivity index (χ1n) is 5.49. The van der Waals surface area contributed by atoms with E-state index in [9.17, 15) is 4.79 Å². The van der Waals surface area contributed by atoms with E-state index < -0.39 is 0 Å². The maximum absolute atomic E-state index is 12.1. The summed E-state index contributed by atoms with van der Waals surface area (Å²) in [5.74, 6) is 0.804. The Balaban J connectivity index is 2.80. The summed E-state index contributed by atoms with van der Waals surface area (Å²) in [5.41, 5.74) is 6.56. The van der Waals surface area contributed by atoms with Gasteiger partial charge in [-0.3, -0.25) is 9.78 Å². The van der Waals surface area contributed by atoms with E-state index in [1.54, 1.807) is 35.8 Å². The molecule has 1 amide bonds. The van der Waals surface area contributed by atoms with Crippen LogP contribution in [0.3, 0.4) is 0 Å². The molecular weight excluding hydrogens is 266 g/mol. The zero-order valence-corrected chi connectivity index (χ0v) is 12.3. The second kappa shape index (κ2) is 6.70. The van der Waals surface area contributed by atoms with Gasteiger partial charge in [0.15, 0.2) is 0 Å². The summed E-state index contributed by atoms with van der Waals surface area (Å²) in [6.45, 7) is 2.01. The minimum Gasteiger partial charge on any atom is -0.389 e. The predicted octanol–water partition coefficient (Wildman–Crippen LogP) is 1.54. The second-order valence-corrected chi connectivity index (χ2v) is 5.37. The van der Waals surface area contributed by atoms with Crippen molar-refractivity contribution in [1.82, 2.24) is 9.88 Å². The van der Waals surface area contributed by atoms with Crippen LogP contribution in [0.1, 0.15) is 23.0 Å². The molecule has 1 aromatic rings. The molecule has 0 aromatic carbocycles. The third-order valence-electron chi connectivity index (χ3n) is 2.66. The minimum atomic E-state index is -0.0916. The lowest BCUT2D eigenvalue weighted by molar-refractivity contribution is 0.0751. The van der Waals surface area contributed by atoms with Crippen LogP contribution in [0.2, 0.25) is 0 Å². The van der Waals surface area contributed by atoms with Gasteiger partial charge in [0, 0.05) is 30.6 Å². The predicted molar refractivity (Wildman–Crippen MR) is 80.1 cm³/mol. The van der Waals surface area contributed by atoms with Crippen molar-refractivity contribution in [1.29, 1.82) is 0 Å². The van der Waals surface area contributed by atoms with Gasteiger partial charge in [0.2, 0.25) is 0 Å². The molecule has 1 unspecified atom stereocenters. The van der Waals surface area contributed by atoms with Crippen LogP contribution in [0.4, 0.5) is 0 Å². The van der Waals surface area contributed by atoms with E-state index in [1.807, 2.05) is 13.2 Å². The molecule has 1 atom stereocenters. The molecule has 0 radical (unpaired) electrons. The van der Waals surface area contributed by atoms with Crippen LogP contribution in [-0.4, -0.2) is 45.9 Å². The summed E-state index contributed by atoms with van der Waals surface area (Å²) < 4.78 is 0. The number of hydrogen-bond donors (Lipinski definition) is 1. The molecule has 1 rings (SSSR count). The van der Waals surface area contributed by atoms with Crippen molar-refractivity contribution < 1.29 is 4.79 Å². The van der Waals surface area contributed by atoms with E-state index >= 15 is 0 Å². The van der Waals surface area contributed by atoms with Gasteiger partial charge in [-0.1, -0.05) is 12.2 Å². The fraction of sp³-hybridized carbons (Fsp3) is 0.417. The van der Waals surface area contributed by atoms with Crippen LogP contribution in [0.15, 0.2) is 18.3 Å². The highest BCUT2D eigenvalue weighted by Gasteiger charge is 2.18. The van der Waals surface area contributed by atoms with Gasteiger partial charge in [-0.05, 0) is 25.3 Å². The monoisotopic (exact) mass is 283 g/mol. The minimum absolute atomic E-state index is 0.0916. The molecule has 18 heavy (non-hydrogen) atoms. The Kier molecular flexibility index (Phi) is 5.55. The molecule has 0 fully saturated rings. The number of thiocarbonyl (C=S) groups is 1. The van der Waals surface area contributed by atoms with Crippen molar-refractivity contribution >= 4 is 34.9 Å². The first-order chi connectivity index (χ1) is 8.47. The van der Waals surface area contributed by atoms with Gasteiger partial charge < -0.3 is 10.6 Å². The van der Waals surface area contributed by atoms with Gasteiger partial charge in [0.05, 0.1) is 0 Å². The number of amides is 1. The lowest BCUT2D eigenvalue weighted by Gasteiger charge is -2.23. The Morgan fingerprint density at radius 2 is 2.28 bits per heavy atom. The molecule has 98 valence electrons. The van der Waals surface area contributed by atoms with Crippen LogP contribution in [-0.2, 0) is 0 Å². The highest BCUT2D eigenvalue weighted by molar-refractivity contribution is 7.98. The first-order valence-corrected chi connectivity index (χ1v) is 7.29. The second-order valence-electron chi connectivity index (χ2n) is 4.02. The Hall–Kier alpha value is -1.14. The Bertz CT molecular complexity index is 433. The number of aromatic nitrogens is 1. The maximum Gasteiger partial charge on any atom is 0.272 e. The van der Waals surface area contributed by atoms with Gasteiger partial charge in [-0.2, -0.15) is 11.8 Å². The normalized spacial score (nSPS) is 11.9. The lowest BCUT2D eigenvalue weighted by Crippen LogP contribution is -2.37. The maximum atomic E-state index is 12.1. The van der Waals surface area contributed by atoms with Gasteiger partial charge in [-0.15, -0.1) is 0 Å².